The van der Waals surface area contributed by atoms with Crippen molar-refractivity contribution in [2.45, 2.75) is 32.3 Å². The summed E-state index contributed by atoms with van der Waals surface area (Å²) in [5.74, 6) is -0.899. The van der Waals surface area contributed by atoms with Gasteiger partial charge in [-0.2, -0.15) is 0 Å². The van der Waals surface area contributed by atoms with Crippen LogP contribution in [0.15, 0.2) is 54.6 Å². The number of carboxylic acid groups (broad SMARTS) is 1. The molecule has 2 aromatic rings. The van der Waals surface area contributed by atoms with E-state index in [-0.39, 0.29) is 12.3 Å². The standard InChI is InChI=1S/C20H23NO4/c22-19(10-5-13-25-15-17-6-2-1-3-7-17)21-18-9-4-8-16(14-18)11-12-20(23)24/h1-4,6-9,14H,5,10-13,15H2,(H,21,22)(H,23,24). The van der Waals surface area contributed by atoms with Crippen LogP contribution in [0.3, 0.4) is 0 Å². The quantitative estimate of drug-likeness (QED) is 0.647. The van der Waals surface area contributed by atoms with Crippen LogP contribution in [0.2, 0.25) is 0 Å². The van der Waals surface area contributed by atoms with E-state index in [1.807, 2.05) is 48.5 Å². The molecule has 0 fully saturated rings. The molecule has 0 aliphatic heterocycles. The van der Waals surface area contributed by atoms with Gasteiger partial charge in [-0.1, -0.05) is 42.5 Å². The minimum Gasteiger partial charge on any atom is -0.481 e. The average molecular weight is 341 g/mol. The van der Waals surface area contributed by atoms with E-state index >= 15 is 0 Å². The van der Waals surface area contributed by atoms with E-state index in [1.165, 1.54) is 0 Å². The number of aliphatic carboxylic acids is 1. The fourth-order valence-electron chi connectivity index (χ4n) is 2.38. The summed E-state index contributed by atoms with van der Waals surface area (Å²) in [6.07, 6.45) is 1.56. The summed E-state index contributed by atoms with van der Waals surface area (Å²) in [6.45, 7) is 1.08. The average Bonchev–Trinajstić information content (AvgIpc) is 2.61. The van der Waals surface area contributed by atoms with E-state index in [9.17, 15) is 9.59 Å². The molecular weight excluding hydrogens is 318 g/mol. The van der Waals surface area contributed by atoms with Crippen LogP contribution in [0.4, 0.5) is 5.69 Å². The molecule has 0 saturated heterocycles. The molecule has 0 aromatic heterocycles. The molecule has 0 heterocycles. The van der Waals surface area contributed by atoms with Crippen molar-refractivity contribution in [3.63, 3.8) is 0 Å². The third-order valence-electron chi connectivity index (χ3n) is 3.64. The Kier molecular flexibility index (Phi) is 7.66. The highest BCUT2D eigenvalue weighted by Gasteiger charge is 2.04. The van der Waals surface area contributed by atoms with E-state index in [0.29, 0.717) is 38.2 Å². The third kappa shape index (κ3) is 7.63. The zero-order valence-corrected chi connectivity index (χ0v) is 14.1. The minimum atomic E-state index is -0.829. The number of benzene rings is 2. The zero-order valence-electron chi connectivity index (χ0n) is 14.1. The molecule has 132 valence electrons. The predicted octanol–water partition coefficient (Wildman–Crippen LogP) is 3.64. The number of rotatable bonds is 10. The lowest BCUT2D eigenvalue weighted by Gasteiger charge is -2.08. The molecule has 2 rings (SSSR count). The van der Waals surface area contributed by atoms with Gasteiger partial charge in [-0.15, -0.1) is 0 Å². The topological polar surface area (TPSA) is 75.6 Å². The number of hydrogen-bond acceptors (Lipinski definition) is 3. The molecule has 25 heavy (non-hydrogen) atoms. The summed E-state index contributed by atoms with van der Waals surface area (Å²) in [4.78, 5) is 22.6. The van der Waals surface area contributed by atoms with Crippen LogP contribution in [-0.4, -0.2) is 23.6 Å². The first kappa shape index (κ1) is 18.7. The lowest BCUT2D eigenvalue weighted by atomic mass is 10.1. The Labute approximate surface area is 147 Å². The fourth-order valence-corrected chi connectivity index (χ4v) is 2.38. The summed E-state index contributed by atoms with van der Waals surface area (Å²) in [7, 11) is 0. The third-order valence-corrected chi connectivity index (χ3v) is 3.64. The van der Waals surface area contributed by atoms with Crippen molar-refractivity contribution in [3.8, 4) is 0 Å². The van der Waals surface area contributed by atoms with Gasteiger partial charge < -0.3 is 15.2 Å². The molecule has 0 aliphatic carbocycles. The van der Waals surface area contributed by atoms with Crippen molar-refractivity contribution in [3.05, 3.63) is 65.7 Å². The number of amides is 1. The first-order chi connectivity index (χ1) is 12.1. The highest BCUT2D eigenvalue weighted by atomic mass is 16.5. The largest absolute Gasteiger partial charge is 0.481 e. The molecule has 5 heteroatoms. The van der Waals surface area contributed by atoms with Crippen molar-refractivity contribution in [1.82, 2.24) is 0 Å². The number of carbonyl (C=O) groups excluding carboxylic acids is 1. The van der Waals surface area contributed by atoms with E-state index in [4.69, 9.17) is 9.84 Å². The van der Waals surface area contributed by atoms with Crippen molar-refractivity contribution in [2.75, 3.05) is 11.9 Å². The van der Waals surface area contributed by atoms with Crippen LogP contribution >= 0.6 is 0 Å². The van der Waals surface area contributed by atoms with Gasteiger partial charge >= 0.3 is 5.97 Å². The number of anilines is 1. The van der Waals surface area contributed by atoms with Gasteiger partial charge in [0.2, 0.25) is 5.91 Å². The second-order valence-corrected chi connectivity index (χ2v) is 5.78. The zero-order chi connectivity index (χ0) is 17.9. The Morgan fingerprint density at radius 2 is 1.72 bits per heavy atom. The maximum atomic E-state index is 12.0. The van der Waals surface area contributed by atoms with Gasteiger partial charge in [-0.05, 0) is 36.1 Å². The van der Waals surface area contributed by atoms with Crippen LogP contribution in [-0.2, 0) is 27.4 Å². The van der Waals surface area contributed by atoms with Crippen LogP contribution in [0.1, 0.15) is 30.4 Å². The molecule has 0 bridgehead atoms. The first-order valence-electron chi connectivity index (χ1n) is 8.36. The monoisotopic (exact) mass is 341 g/mol. The SMILES string of the molecule is O=C(O)CCc1cccc(NC(=O)CCCOCc2ccccc2)c1. The summed E-state index contributed by atoms with van der Waals surface area (Å²) < 4.78 is 5.56. The van der Waals surface area contributed by atoms with Crippen molar-refractivity contribution >= 4 is 17.6 Å². The van der Waals surface area contributed by atoms with Gasteiger partial charge in [0.15, 0.2) is 0 Å². The van der Waals surface area contributed by atoms with Crippen molar-refractivity contribution < 1.29 is 19.4 Å². The number of carbonyl (C=O) groups is 2. The summed E-state index contributed by atoms with van der Waals surface area (Å²) >= 11 is 0. The number of nitrogens with one attached hydrogen (secondary N) is 1. The molecule has 1 amide bonds. The highest BCUT2D eigenvalue weighted by Crippen LogP contribution is 2.13. The lowest BCUT2D eigenvalue weighted by Crippen LogP contribution is -2.12. The Morgan fingerprint density at radius 1 is 0.960 bits per heavy atom. The highest BCUT2D eigenvalue weighted by molar-refractivity contribution is 5.90. The molecule has 0 radical (unpaired) electrons. The van der Waals surface area contributed by atoms with Gasteiger partial charge in [0, 0.05) is 25.1 Å². The molecule has 0 spiro atoms. The Morgan fingerprint density at radius 3 is 2.48 bits per heavy atom. The van der Waals surface area contributed by atoms with E-state index in [2.05, 4.69) is 5.32 Å². The second kappa shape index (κ2) is 10.3. The lowest BCUT2D eigenvalue weighted by molar-refractivity contribution is -0.137. The number of hydrogen-bond donors (Lipinski definition) is 2. The summed E-state index contributed by atoms with van der Waals surface area (Å²) in [5.41, 5.74) is 2.70. The number of carboxylic acids is 1. The van der Waals surface area contributed by atoms with E-state index in [1.54, 1.807) is 6.07 Å². The van der Waals surface area contributed by atoms with Crippen LogP contribution in [0, 0.1) is 0 Å². The van der Waals surface area contributed by atoms with Crippen molar-refractivity contribution in [2.24, 2.45) is 0 Å². The molecule has 0 unspecified atom stereocenters. The van der Waals surface area contributed by atoms with Gasteiger partial charge in [0.1, 0.15) is 0 Å². The molecule has 2 N–H and O–H groups in total. The molecule has 0 aliphatic rings. The molecule has 2 aromatic carbocycles. The van der Waals surface area contributed by atoms with Gasteiger partial charge in [-0.3, -0.25) is 9.59 Å². The maximum Gasteiger partial charge on any atom is 0.303 e. The fraction of sp³-hybridized carbons (Fsp3) is 0.300. The summed E-state index contributed by atoms with van der Waals surface area (Å²) in [6, 6.07) is 17.2. The van der Waals surface area contributed by atoms with E-state index in [0.717, 1.165) is 11.1 Å². The Balaban J connectivity index is 1.66. The Hall–Kier alpha value is -2.66. The predicted molar refractivity (Wildman–Crippen MR) is 96.4 cm³/mol. The molecule has 0 saturated carbocycles. The van der Waals surface area contributed by atoms with Gasteiger partial charge in [0.25, 0.3) is 0 Å². The molecule has 5 nitrogen and oxygen atoms in total. The van der Waals surface area contributed by atoms with Crippen LogP contribution in [0.5, 0.6) is 0 Å². The number of ether oxygens (including phenoxy) is 1. The van der Waals surface area contributed by atoms with Gasteiger partial charge in [0.05, 0.1) is 6.61 Å². The second-order valence-electron chi connectivity index (χ2n) is 5.78. The Bertz CT molecular complexity index is 685. The number of aryl methyl sites for hydroxylation is 1. The summed E-state index contributed by atoms with van der Waals surface area (Å²) in [5, 5.41) is 11.6. The maximum absolute atomic E-state index is 12.0. The molecule has 0 atom stereocenters. The van der Waals surface area contributed by atoms with Crippen LogP contribution in [0.25, 0.3) is 0 Å². The van der Waals surface area contributed by atoms with Crippen LogP contribution < -0.4 is 5.32 Å². The van der Waals surface area contributed by atoms with Gasteiger partial charge in [-0.25, -0.2) is 0 Å². The molecular formula is C20H23NO4. The normalized spacial score (nSPS) is 10.4. The smallest absolute Gasteiger partial charge is 0.303 e. The first-order valence-corrected chi connectivity index (χ1v) is 8.36. The van der Waals surface area contributed by atoms with E-state index < -0.39 is 5.97 Å². The van der Waals surface area contributed by atoms with Crippen molar-refractivity contribution in [1.29, 1.82) is 0 Å². The minimum absolute atomic E-state index is 0.0707.